The SMILES string of the molecule is COc1cc([C@@H](O)[C@@H]2CO[C@H](c3ccc(O[C@@H]4O[C@@H](CO)[C@@H](O)[C@@H](O)[C@@H]4O)c(OC)c3)[C@@H]2CO)ccc1O. The van der Waals surface area contributed by atoms with E-state index in [0.29, 0.717) is 11.1 Å². The molecule has 2 aromatic carbocycles. The smallest absolute Gasteiger partial charge is 0.229 e. The summed E-state index contributed by atoms with van der Waals surface area (Å²) < 4.78 is 27.7. The Balaban J connectivity index is 1.52. The van der Waals surface area contributed by atoms with E-state index in [-0.39, 0.29) is 36.2 Å². The quantitative estimate of drug-likeness (QED) is 0.220. The molecule has 2 aliphatic heterocycles. The van der Waals surface area contributed by atoms with Gasteiger partial charge in [0.05, 0.1) is 39.6 Å². The van der Waals surface area contributed by atoms with Crippen LogP contribution in [-0.2, 0) is 9.47 Å². The van der Waals surface area contributed by atoms with Crippen LogP contribution in [0.1, 0.15) is 23.3 Å². The number of aliphatic hydroxyl groups excluding tert-OH is 6. The summed E-state index contributed by atoms with van der Waals surface area (Å²) in [4.78, 5) is 0. The molecule has 0 aromatic heterocycles. The van der Waals surface area contributed by atoms with Crippen LogP contribution in [0.15, 0.2) is 36.4 Å². The van der Waals surface area contributed by atoms with Crippen LogP contribution in [0.3, 0.4) is 0 Å². The molecule has 9 atom stereocenters. The van der Waals surface area contributed by atoms with Crippen molar-refractivity contribution in [2.45, 2.75) is 42.9 Å². The number of aromatic hydroxyl groups is 1. The Bertz CT molecular complexity index is 1080. The van der Waals surface area contributed by atoms with E-state index in [1.165, 1.54) is 26.4 Å². The minimum absolute atomic E-state index is 0.0548. The lowest BCUT2D eigenvalue weighted by atomic mass is 9.82. The van der Waals surface area contributed by atoms with Crippen LogP contribution >= 0.6 is 0 Å². The standard InChI is InChI=1S/C26H34O12/c1-34-18-7-12(3-5-16(18)29)21(30)15-11-36-25(14(15)9-27)13-4-6-17(19(8-13)35-2)37-26-24(33)23(32)22(31)20(10-28)38-26/h3-8,14-15,20-33H,9-11H2,1-2H3/t14-,15-,20+,21-,22-,23-,24+,25-,26-/m1/s1. The van der Waals surface area contributed by atoms with Gasteiger partial charge in [0, 0.05) is 18.4 Å². The van der Waals surface area contributed by atoms with Crippen molar-refractivity contribution in [3.05, 3.63) is 47.5 Å². The number of phenols is 1. The van der Waals surface area contributed by atoms with Gasteiger partial charge in [-0.25, -0.2) is 0 Å². The lowest BCUT2D eigenvalue weighted by molar-refractivity contribution is -0.277. The molecule has 4 rings (SSSR count). The highest BCUT2D eigenvalue weighted by molar-refractivity contribution is 5.45. The molecule has 12 nitrogen and oxygen atoms in total. The molecule has 2 aromatic rings. The molecule has 0 saturated carbocycles. The fraction of sp³-hybridized carbons (Fsp3) is 0.538. The van der Waals surface area contributed by atoms with Gasteiger partial charge < -0.3 is 59.4 Å². The highest BCUT2D eigenvalue weighted by atomic mass is 16.7. The van der Waals surface area contributed by atoms with Gasteiger partial charge in [-0.05, 0) is 35.4 Å². The Morgan fingerprint density at radius 3 is 2.29 bits per heavy atom. The Hall–Kier alpha value is -2.68. The first-order valence-corrected chi connectivity index (χ1v) is 12.2. The highest BCUT2D eigenvalue weighted by Gasteiger charge is 2.45. The fourth-order valence-corrected chi connectivity index (χ4v) is 4.96. The molecule has 0 radical (unpaired) electrons. The molecule has 0 bridgehead atoms. The van der Waals surface area contributed by atoms with Crippen molar-refractivity contribution in [1.82, 2.24) is 0 Å². The second kappa shape index (κ2) is 12.0. The highest BCUT2D eigenvalue weighted by Crippen LogP contribution is 2.46. The zero-order valence-electron chi connectivity index (χ0n) is 21.0. The van der Waals surface area contributed by atoms with Crippen molar-refractivity contribution in [3.8, 4) is 23.0 Å². The predicted molar refractivity (Wildman–Crippen MR) is 130 cm³/mol. The van der Waals surface area contributed by atoms with Gasteiger partial charge in [0.2, 0.25) is 6.29 Å². The molecule has 0 aliphatic carbocycles. The monoisotopic (exact) mass is 538 g/mol. The van der Waals surface area contributed by atoms with Gasteiger partial charge in [-0.15, -0.1) is 0 Å². The fourth-order valence-electron chi connectivity index (χ4n) is 4.96. The first kappa shape index (κ1) is 28.3. The minimum Gasteiger partial charge on any atom is -0.504 e. The van der Waals surface area contributed by atoms with E-state index in [0.717, 1.165) is 0 Å². The number of phenolic OH excluding ortho intramolecular Hbond substituents is 1. The second-order valence-corrected chi connectivity index (χ2v) is 9.37. The summed E-state index contributed by atoms with van der Waals surface area (Å²) in [5.41, 5.74) is 1.15. The second-order valence-electron chi connectivity index (χ2n) is 9.37. The van der Waals surface area contributed by atoms with Gasteiger partial charge in [-0.2, -0.15) is 0 Å². The zero-order valence-corrected chi connectivity index (χ0v) is 21.0. The average Bonchev–Trinajstić information content (AvgIpc) is 3.37. The number of rotatable bonds is 9. The number of ether oxygens (including phenoxy) is 5. The van der Waals surface area contributed by atoms with Gasteiger partial charge in [-0.3, -0.25) is 0 Å². The summed E-state index contributed by atoms with van der Waals surface area (Å²) in [5.74, 6) is -0.376. The van der Waals surface area contributed by atoms with Crippen LogP contribution in [0.2, 0.25) is 0 Å². The summed E-state index contributed by atoms with van der Waals surface area (Å²) in [6.07, 6.45) is -8.80. The van der Waals surface area contributed by atoms with E-state index in [1.807, 2.05) is 0 Å². The average molecular weight is 539 g/mol. The maximum atomic E-state index is 11.1. The molecule has 0 spiro atoms. The molecule has 210 valence electrons. The lowest BCUT2D eigenvalue weighted by Crippen LogP contribution is -2.60. The summed E-state index contributed by atoms with van der Waals surface area (Å²) in [6, 6.07) is 9.40. The van der Waals surface area contributed by atoms with Crippen LogP contribution < -0.4 is 14.2 Å². The van der Waals surface area contributed by atoms with Gasteiger partial charge in [-0.1, -0.05) is 12.1 Å². The minimum atomic E-state index is -1.59. The predicted octanol–water partition coefficient (Wildman–Crippen LogP) is -0.382. The maximum absolute atomic E-state index is 11.1. The van der Waals surface area contributed by atoms with E-state index in [1.54, 1.807) is 24.3 Å². The topological polar surface area (TPSA) is 188 Å². The van der Waals surface area contributed by atoms with Gasteiger partial charge in [0.25, 0.3) is 0 Å². The zero-order chi connectivity index (χ0) is 27.6. The summed E-state index contributed by atoms with van der Waals surface area (Å²) in [7, 11) is 2.82. The number of hydrogen-bond acceptors (Lipinski definition) is 12. The lowest BCUT2D eigenvalue weighted by Gasteiger charge is -2.39. The molecular formula is C26H34O12. The summed E-state index contributed by atoms with van der Waals surface area (Å²) >= 11 is 0. The van der Waals surface area contributed by atoms with Crippen LogP contribution in [0.5, 0.6) is 23.0 Å². The van der Waals surface area contributed by atoms with Gasteiger partial charge in [0.15, 0.2) is 23.0 Å². The van der Waals surface area contributed by atoms with Gasteiger partial charge >= 0.3 is 0 Å². The number of aliphatic hydroxyl groups is 6. The normalized spacial score (nSPS) is 32.1. The molecule has 2 fully saturated rings. The van der Waals surface area contributed by atoms with Crippen LogP contribution in [0.4, 0.5) is 0 Å². The Labute approximate surface area is 219 Å². The third-order valence-electron chi connectivity index (χ3n) is 7.18. The third kappa shape index (κ3) is 5.40. The largest absolute Gasteiger partial charge is 0.504 e. The van der Waals surface area contributed by atoms with Crippen LogP contribution in [-0.4, -0.2) is 100 Å². The molecule has 0 amide bonds. The molecule has 0 unspecified atom stereocenters. The van der Waals surface area contributed by atoms with Crippen molar-refractivity contribution in [2.75, 3.05) is 34.0 Å². The number of hydrogen-bond donors (Lipinski definition) is 7. The first-order valence-electron chi connectivity index (χ1n) is 12.2. The van der Waals surface area contributed by atoms with Gasteiger partial charge in [0.1, 0.15) is 24.4 Å². The molecule has 2 saturated heterocycles. The van der Waals surface area contributed by atoms with Crippen molar-refractivity contribution in [1.29, 1.82) is 0 Å². The Kier molecular flexibility index (Phi) is 8.96. The van der Waals surface area contributed by atoms with Crippen molar-refractivity contribution >= 4 is 0 Å². The summed E-state index contributed by atoms with van der Waals surface area (Å²) in [5, 5.41) is 70.8. The van der Waals surface area contributed by atoms with Crippen LogP contribution in [0, 0.1) is 11.8 Å². The van der Waals surface area contributed by atoms with E-state index >= 15 is 0 Å². The Morgan fingerprint density at radius 1 is 0.895 bits per heavy atom. The first-order chi connectivity index (χ1) is 18.2. The van der Waals surface area contributed by atoms with Crippen molar-refractivity contribution < 1.29 is 59.4 Å². The number of methoxy groups -OCH3 is 2. The van der Waals surface area contributed by atoms with E-state index in [9.17, 15) is 35.7 Å². The van der Waals surface area contributed by atoms with Crippen LogP contribution in [0.25, 0.3) is 0 Å². The summed E-state index contributed by atoms with van der Waals surface area (Å²) in [6.45, 7) is -0.703. The molecular weight excluding hydrogens is 504 g/mol. The third-order valence-corrected chi connectivity index (χ3v) is 7.18. The molecule has 38 heavy (non-hydrogen) atoms. The number of benzene rings is 2. The molecule has 12 heteroatoms. The van der Waals surface area contributed by atoms with Crippen molar-refractivity contribution in [3.63, 3.8) is 0 Å². The Morgan fingerprint density at radius 2 is 1.63 bits per heavy atom. The molecule has 2 aliphatic rings. The molecule has 2 heterocycles. The van der Waals surface area contributed by atoms with E-state index in [4.69, 9.17) is 23.7 Å². The molecule has 7 N–H and O–H groups in total. The van der Waals surface area contributed by atoms with E-state index in [2.05, 4.69) is 0 Å². The van der Waals surface area contributed by atoms with E-state index < -0.39 is 61.4 Å². The van der Waals surface area contributed by atoms with Crippen molar-refractivity contribution in [2.24, 2.45) is 11.8 Å². The maximum Gasteiger partial charge on any atom is 0.229 e.